The monoisotopic (exact) mass is 263 g/mol. The Balaban J connectivity index is 2.07. The summed E-state index contributed by atoms with van der Waals surface area (Å²) in [6.07, 6.45) is 2.23. The first-order chi connectivity index (χ1) is 8.75. The Morgan fingerprint density at radius 1 is 1.44 bits per heavy atom. The fraction of sp³-hybridized carbons (Fsp3) is 0.385. The lowest BCUT2D eigenvalue weighted by Gasteiger charge is -2.14. The number of hydrogen-bond donors (Lipinski definition) is 1. The average Bonchev–Trinajstić information content (AvgIpc) is 2.87. The summed E-state index contributed by atoms with van der Waals surface area (Å²) in [4.78, 5) is 16.6. The molecular formula is C13H14ClN3O. The zero-order valence-corrected chi connectivity index (χ0v) is 10.7. The number of nitrogens with one attached hydrogen (secondary N) is 1. The van der Waals surface area contributed by atoms with E-state index in [1.54, 1.807) is 16.7 Å². The fourth-order valence-corrected chi connectivity index (χ4v) is 2.67. The van der Waals surface area contributed by atoms with Crippen molar-refractivity contribution in [1.82, 2.24) is 14.9 Å². The minimum atomic E-state index is -0.0562. The third kappa shape index (κ3) is 2.02. The number of aromatic nitrogens is 2. The number of para-hydroxylation sites is 1. The molecule has 1 aromatic heterocycles. The summed E-state index contributed by atoms with van der Waals surface area (Å²) in [7, 11) is 0. The smallest absolute Gasteiger partial charge is 0.262 e. The standard InChI is InChI=1S/C13H14ClN3O/c14-13-16-11-6-2-1-5-10(11)12(18)17(13)8-9-4-3-7-15-9/h1-2,5-6,9,15H,3-4,7-8H2. The topological polar surface area (TPSA) is 46.9 Å². The quantitative estimate of drug-likeness (QED) is 0.841. The van der Waals surface area contributed by atoms with Gasteiger partial charge in [-0.3, -0.25) is 9.36 Å². The first-order valence-electron chi connectivity index (χ1n) is 6.14. The van der Waals surface area contributed by atoms with Gasteiger partial charge < -0.3 is 5.32 Å². The molecule has 1 aliphatic rings. The Morgan fingerprint density at radius 2 is 2.28 bits per heavy atom. The molecule has 1 atom stereocenters. The van der Waals surface area contributed by atoms with E-state index in [2.05, 4.69) is 10.3 Å². The normalized spacial score (nSPS) is 19.5. The summed E-state index contributed by atoms with van der Waals surface area (Å²) in [6.45, 7) is 1.60. The Morgan fingerprint density at radius 3 is 3.06 bits per heavy atom. The number of rotatable bonds is 2. The van der Waals surface area contributed by atoms with Gasteiger partial charge in [-0.25, -0.2) is 4.98 Å². The Bertz CT molecular complexity index is 632. The molecule has 0 spiro atoms. The summed E-state index contributed by atoms with van der Waals surface area (Å²) in [5, 5.41) is 4.26. The van der Waals surface area contributed by atoms with Crippen molar-refractivity contribution in [3.63, 3.8) is 0 Å². The van der Waals surface area contributed by atoms with Crippen LogP contribution in [0.5, 0.6) is 0 Å². The van der Waals surface area contributed by atoms with E-state index in [9.17, 15) is 4.79 Å². The van der Waals surface area contributed by atoms with Crippen molar-refractivity contribution >= 4 is 22.5 Å². The van der Waals surface area contributed by atoms with Gasteiger partial charge in [0.15, 0.2) is 0 Å². The van der Waals surface area contributed by atoms with Crippen LogP contribution in [-0.4, -0.2) is 22.1 Å². The molecule has 0 aliphatic carbocycles. The molecule has 1 unspecified atom stereocenters. The molecule has 1 aromatic carbocycles. The molecule has 0 bridgehead atoms. The molecule has 3 rings (SSSR count). The summed E-state index contributed by atoms with van der Waals surface area (Å²) < 4.78 is 1.56. The highest BCUT2D eigenvalue weighted by atomic mass is 35.5. The van der Waals surface area contributed by atoms with Crippen LogP contribution in [0.25, 0.3) is 10.9 Å². The van der Waals surface area contributed by atoms with Crippen molar-refractivity contribution in [2.75, 3.05) is 6.54 Å². The Hall–Kier alpha value is -1.39. The Kier molecular flexibility index (Phi) is 3.06. The lowest BCUT2D eigenvalue weighted by Crippen LogP contribution is -2.33. The maximum atomic E-state index is 12.3. The highest BCUT2D eigenvalue weighted by Gasteiger charge is 2.17. The lowest BCUT2D eigenvalue weighted by molar-refractivity contribution is 0.498. The highest BCUT2D eigenvalue weighted by Crippen LogP contribution is 2.13. The zero-order chi connectivity index (χ0) is 12.5. The van der Waals surface area contributed by atoms with E-state index in [0.717, 1.165) is 19.4 Å². The third-order valence-electron chi connectivity index (χ3n) is 3.38. The van der Waals surface area contributed by atoms with Crippen LogP contribution in [0.1, 0.15) is 12.8 Å². The lowest BCUT2D eigenvalue weighted by atomic mass is 10.2. The fourth-order valence-electron chi connectivity index (χ4n) is 2.43. The SMILES string of the molecule is O=c1c2ccccc2nc(Cl)n1CC1CCCN1. The van der Waals surface area contributed by atoms with Gasteiger partial charge in [-0.05, 0) is 43.1 Å². The van der Waals surface area contributed by atoms with E-state index < -0.39 is 0 Å². The van der Waals surface area contributed by atoms with Gasteiger partial charge in [-0.15, -0.1) is 0 Å². The van der Waals surface area contributed by atoms with E-state index in [0.29, 0.717) is 23.5 Å². The maximum Gasteiger partial charge on any atom is 0.262 e. The second kappa shape index (κ2) is 4.71. The first kappa shape index (κ1) is 11.7. The van der Waals surface area contributed by atoms with Crippen LogP contribution in [0.4, 0.5) is 0 Å². The van der Waals surface area contributed by atoms with E-state index in [4.69, 9.17) is 11.6 Å². The van der Waals surface area contributed by atoms with Crippen LogP contribution < -0.4 is 10.9 Å². The molecule has 0 radical (unpaired) electrons. The van der Waals surface area contributed by atoms with Gasteiger partial charge in [0.1, 0.15) is 0 Å². The predicted molar refractivity (Wildman–Crippen MR) is 72.0 cm³/mol. The average molecular weight is 264 g/mol. The molecule has 18 heavy (non-hydrogen) atoms. The molecule has 1 aliphatic heterocycles. The number of fused-ring (bicyclic) bond motifs is 1. The van der Waals surface area contributed by atoms with Gasteiger partial charge in [-0.1, -0.05) is 12.1 Å². The second-order valence-corrected chi connectivity index (χ2v) is 4.95. The molecule has 0 saturated carbocycles. The molecule has 2 heterocycles. The molecule has 0 amide bonds. The predicted octanol–water partition coefficient (Wildman–Crippen LogP) is 1.80. The highest BCUT2D eigenvalue weighted by molar-refractivity contribution is 6.28. The minimum Gasteiger partial charge on any atom is -0.312 e. The summed E-state index contributed by atoms with van der Waals surface area (Å²) in [5.74, 6) is 0. The van der Waals surface area contributed by atoms with E-state index in [1.807, 2.05) is 12.1 Å². The van der Waals surface area contributed by atoms with Crippen LogP contribution >= 0.6 is 11.6 Å². The van der Waals surface area contributed by atoms with Crippen molar-refractivity contribution < 1.29 is 0 Å². The van der Waals surface area contributed by atoms with Crippen molar-refractivity contribution in [1.29, 1.82) is 0 Å². The van der Waals surface area contributed by atoms with Gasteiger partial charge in [-0.2, -0.15) is 0 Å². The summed E-state index contributed by atoms with van der Waals surface area (Å²) in [5.41, 5.74) is 0.599. The van der Waals surface area contributed by atoms with Gasteiger partial charge in [0.25, 0.3) is 5.56 Å². The van der Waals surface area contributed by atoms with Crippen LogP contribution in [0, 0.1) is 0 Å². The van der Waals surface area contributed by atoms with E-state index >= 15 is 0 Å². The van der Waals surface area contributed by atoms with Crippen molar-refractivity contribution in [3.8, 4) is 0 Å². The van der Waals surface area contributed by atoms with Crippen LogP contribution in [0.2, 0.25) is 5.28 Å². The van der Waals surface area contributed by atoms with Crippen LogP contribution in [-0.2, 0) is 6.54 Å². The molecule has 5 heteroatoms. The molecule has 1 saturated heterocycles. The number of nitrogens with zero attached hydrogens (tertiary/aromatic N) is 2. The number of halogens is 1. The van der Waals surface area contributed by atoms with E-state index in [1.165, 1.54) is 0 Å². The van der Waals surface area contributed by atoms with Crippen molar-refractivity contribution in [2.24, 2.45) is 0 Å². The number of benzene rings is 1. The zero-order valence-electron chi connectivity index (χ0n) is 9.90. The Labute approximate surface area is 110 Å². The molecule has 94 valence electrons. The van der Waals surface area contributed by atoms with Gasteiger partial charge in [0, 0.05) is 12.6 Å². The van der Waals surface area contributed by atoms with Gasteiger partial charge in [0.2, 0.25) is 5.28 Å². The number of hydrogen-bond acceptors (Lipinski definition) is 3. The molecule has 1 N–H and O–H groups in total. The molecule has 2 aromatic rings. The van der Waals surface area contributed by atoms with E-state index in [-0.39, 0.29) is 10.8 Å². The molecule has 1 fully saturated rings. The third-order valence-corrected chi connectivity index (χ3v) is 3.67. The van der Waals surface area contributed by atoms with Crippen molar-refractivity contribution in [3.05, 3.63) is 39.9 Å². The van der Waals surface area contributed by atoms with Gasteiger partial charge in [0.05, 0.1) is 10.9 Å². The molecule has 4 nitrogen and oxygen atoms in total. The first-order valence-corrected chi connectivity index (χ1v) is 6.52. The van der Waals surface area contributed by atoms with Gasteiger partial charge >= 0.3 is 0 Å². The van der Waals surface area contributed by atoms with Crippen LogP contribution in [0.15, 0.2) is 29.1 Å². The maximum absolute atomic E-state index is 12.3. The minimum absolute atomic E-state index is 0.0562. The summed E-state index contributed by atoms with van der Waals surface area (Å²) >= 11 is 6.11. The largest absolute Gasteiger partial charge is 0.312 e. The van der Waals surface area contributed by atoms with Crippen molar-refractivity contribution in [2.45, 2.75) is 25.4 Å². The second-order valence-electron chi connectivity index (χ2n) is 4.61. The summed E-state index contributed by atoms with van der Waals surface area (Å²) in [6, 6.07) is 7.62. The van der Waals surface area contributed by atoms with Crippen LogP contribution in [0.3, 0.4) is 0 Å². The molecular weight excluding hydrogens is 250 g/mol.